The van der Waals surface area contributed by atoms with Crippen LogP contribution in [0.15, 0.2) is 36.7 Å². The minimum atomic E-state index is 1.04. The molecule has 0 N–H and O–H groups in total. The van der Waals surface area contributed by atoms with E-state index >= 15 is 0 Å². The van der Waals surface area contributed by atoms with Crippen LogP contribution in [0.4, 0.5) is 0 Å². The van der Waals surface area contributed by atoms with Gasteiger partial charge in [0.05, 0.1) is 0 Å². The molecule has 0 aliphatic carbocycles. The van der Waals surface area contributed by atoms with Gasteiger partial charge in [0.15, 0.2) is 0 Å². The smallest absolute Gasteiger partial charge is 0.0451 e. The second-order valence-electron chi connectivity index (χ2n) is 3.32. The lowest BCUT2D eigenvalue weighted by molar-refractivity contribution is 1.18. The molecule has 0 aromatic carbocycles. The van der Waals surface area contributed by atoms with Crippen molar-refractivity contribution in [3.63, 3.8) is 0 Å². The van der Waals surface area contributed by atoms with E-state index in [1.165, 1.54) is 0 Å². The van der Waals surface area contributed by atoms with Gasteiger partial charge in [-0.05, 0) is 26.0 Å². The van der Waals surface area contributed by atoms with E-state index in [4.69, 9.17) is 0 Å². The Kier molecular flexibility index (Phi) is 2.27. The fourth-order valence-electron chi connectivity index (χ4n) is 1.42. The van der Waals surface area contributed by atoms with Crippen LogP contribution in [-0.2, 0) is 0 Å². The average Bonchev–Trinajstić information content (AvgIpc) is 2.20. The first kappa shape index (κ1) is 8.88. The van der Waals surface area contributed by atoms with Gasteiger partial charge in [-0.2, -0.15) is 0 Å². The zero-order valence-electron chi connectivity index (χ0n) is 8.36. The summed E-state index contributed by atoms with van der Waals surface area (Å²) < 4.78 is 0. The number of pyridine rings is 2. The van der Waals surface area contributed by atoms with Crippen LogP contribution >= 0.6 is 0 Å². The molecule has 2 aromatic rings. The molecule has 14 heavy (non-hydrogen) atoms. The summed E-state index contributed by atoms with van der Waals surface area (Å²) in [5, 5.41) is 0. The van der Waals surface area contributed by atoms with Crippen LogP contribution < -0.4 is 0 Å². The van der Waals surface area contributed by atoms with Crippen LogP contribution in [0.1, 0.15) is 11.4 Å². The molecular weight excluding hydrogens is 172 g/mol. The first-order valence-electron chi connectivity index (χ1n) is 4.62. The van der Waals surface area contributed by atoms with Crippen molar-refractivity contribution in [3.05, 3.63) is 48.0 Å². The van der Waals surface area contributed by atoms with Crippen LogP contribution in [-0.4, -0.2) is 9.97 Å². The third-order valence-corrected chi connectivity index (χ3v) is 2.23. The topological polar surface area (TPSA) is 25.8 Å². The lowest BCUT2D eigenvalue weighted by Crippen LogP contribution is -1.88. The number of hydrogen-bond donors (Lipinski definition) is 0. The maximum absolute atomic E-state index is 4.27. The van der Waals surface area contributed by atoms with Crippen LogP contribution in [0.2, 0.25) is 0 Å². The number of hydrogen-bond acceptors (Lipinski definition) is 2. The number of aryl methyl sites for hydroxylation is 2. The Morgan fingerprint density at radius 3 is 2.50 bits per heavy atom. The summed E-state index contributed by atoms with van der Waals surface area (Å²) >= 11 is 0. The van der Waals surface area contributed by atoms with Crippen molar-refractivity contribution in [1.82, 2.24) is 9.97 Å². The molecule has 0 aliphatic heterocycles. The van der Waals surface area contributed by atoms with Crippen molar-refractivity contribution in [2.24, 2.45) is 0 Å². The fraction of sp³-hybridized carbons (Fsp3) is 0.167. The highest BCUT2D eigenvalue weighted by atomic mass is 14.7. The zero-order chi connectivity index (χ0) is 9.97. The molecule has 2 rings (SSSR count). The van der Waals surface area contributed by atoms with Crippen LogP contribution in [0.25, 0.3) is 11.1 Å². The molecule has 0 aliphatic rings. The molecule has 0 radical (unpaired) electrons. The maximum atomic E-state index is 4.27. The summed E-state index contributed by atoms with van der Waals surface area (Å²) in [4.78, 5) is 8.52. The van der Waals surface area contributed by atoms with Gasteiger partial charge >= 0.3 is 0 Å². The molecular formula is C12H12N2. The lowest BCUT2D eigenvalue weighted by atomic mass is 10.1. The predicted molar refractivity (Wildman–Crippen MR) is 56.9 cm³/mol. The molecule has 0 unspecified atom stereocenters. The Morgan fingerprint density at radius 2 is 1.86 bits per heavy atom. The van der Waals surface area contributed by atoms with E-state index in [1.807, 2.05) is 32.2 Å². The largest absolute Gasteiger partial charge is 0.261 e. The van der Waals surface area contributed by atoms with Crippen molar-refractivity contribution in [2.75, 3.05) is 0 Å². The van der Waals surface area contributed by atoms with Crippen molar-refractivity contribution in [2.45, 2.75) is 13.8 Å². The van der Waals surface area contributed by atoms with Crippen molar-refractivity contribution < 1.29 is 0 Å². The summed E-state index contributed by atoms with van der Waals surface area (Å²) in [5.74, 6) is 0. The van der Waals surface area contributed by atoms with Crippen LogP contribution in [0.5, 0.6) is 0 Å². The standard InChI is InChI=1S/C12H12N2/c1-9-5-6-11(8-14-9)12-4-3-7-13-10(12)2/h3-8H,1-2H3. The van der Waals surface area contributed by atoms with E-state index in [2.05, 4.69) is 22.1 Å². The van der Waals surface area contributed by atoms with Gasteiger partial charge in [0.25, 0.3) is 0 Å². The third-order valence-electron chi connectivity index (χ3n) is 2.23. The van der Waals surface area contributed by atoms with Gasteiger partial charge in [-0.3, -0.25) is 9.97 Å². The number of nitrogens with zero attached hydrogens (tertiary/aromatic N) is 2. The maximum Gasteiger partial charge on any atom is 0.0451 e. The molecule has 2 heterocycles. The Bertz CT molecular complexity index is 432. The van der Waals surface area contributed by atoms with Gasteiger partial charge in [0, 0.05) is 34.9 Å². The zero-order valence-corrected chi connectivity index (χ0v) is 8.36. The van der Waals surface area contributed by atoms with Gasteiger partial charge in [0.1, 0.15) is 0 Å². The van der Waals surface area contributed by atoms with E-state index in [9.17, 15) is 0 Å². The van der Waals surface area contributed by atoms with Crippen LogP contribution in [0, 0.1) is 13.8 Å². The molecule has 0 fully saturated rings. The molecule has 2 aromatic heterocycles. The first-order valence-corrected chi connectivity index (χ1v) is 4.62. The molecule has 0 saturated carbocycles. The molecule has 2 nitrogen and oxygen atoms in total. The summed E-state index contributed by atoms with van der Waals surface area (Å²) in [6.45, 7) is 4.00. The van der Waals surface area contributed by atoms with Crippen molar-refractivity contribution >= 4 is 0 Å². The Balaban J connectivity index is 2.50. The minimum absolute atomic E-state index is 1.04. The summed E-state index contributed by atoms with van der Waals surface area (Å²) in [5.41, 5.74) is 4.36. The molecule has 0 atom stereocenters. The Morgan fingerprint density at radius 1 is 1.00 bits per heavy atom. The van der Waals surface area contributed by atoms with Crippen molar-refractivity contribution in [1.29, 1.82) is 0 Å². The second kappa shape index (κ2) is 3.58. The Hall–Kier alpha value is -1.70. The minimum Gasteiger partial charge on any atom is -0.261 e. The van der Waals surface area contributed by atoms with Gasteiger partial charge in [-0.1, -0.05) is 12.1 Å². The fourth-order valence-corrected chi connectivity index (χ4v) is 1.42. The second-order valence-corrected chi connectivity index (χ2v) is 3.32. The van der Waals surface area contributed by atoms with E-state index in [1.54, 1.807) is 6.20 Å². The summed E-state index contributed by atoms with van der Waals surface area (Å²) in [7, 11) is 0. The normalized spacial score (nSPS) is 10.1. The predicted octanol–water partition coefficient (Wildman–Crippen LogP) is 2.76. The SMILES string of the molecule is Cc1ccc(-c2cccnc2C)cn1. The highest BCUT2D eigenvalue weighted by Gasteiger charge is 2.01. The van der Waals surface area contributed by atoms with E-state index < -0.39 is 0 Å². The first-order chi connectivity index (χ1) is 6.77. The molecule has 0 saturated heterocycles. The third kappa shape index (κ3) is 1.64. The van der Waals surface area contributed by atoms with E-state index in [-0.39, 0.29) is 0 Å². The molecule has 0 amide bonds. The molecule has 70 valence electrons. The van der Waals surface area contributed by atoms with Gasteiger partial charge in [0.2, 0.25) is 0 Å². The monoisotopic (exact) mass is 184 g/mol. The lowest BCUT2D eigenvalue weighted by Gasteiger charge is -2.03. The van der Waals surface area contributed by atoms with Crippen LogP contribution in [0.3, 0.4) is 0 Å². The molecule has 0 bridgehead atoms. The average molecular weight is 184 g/mol. The van der Waals surface area contributed by atoms with Crippen molar-refractivity contribution in [3.8, 4) is 11.1 Å². The quantitative estimate of drug-likeness (QED) is 0.681. The summed E-state index contributed by atoms with van der Waals surface area (Å²) in [6.07, 6.45) is 3.69. The van der Waals surface area contributed by atoms with Gasteiger partial charge < -0.3 is 0 Å². The Labute approximate surface area is 83.7 Å². The van der Waals surface area contributed by atoms with Gasteiger partial charge in [-0.25, -0.2) is 0 Å². The number of rotatable bonds is 1. The number of aromatic nitrogens is 2. The van der Waals surface area contributed by atoms with E-state index in [0.717, 1.165) is 22.5 Å². The summed E-state index contributed by atoms with van der Waals surface area (Å²) in [6, 6.07) is 8.10. The van der Waals surface area contributed by atoms with Gasteiger partial charge in [-0.15, -0.1) is 0 Å². The highest BCUT2D eigenvalue weighted by Crippen LogP contribution is 2.20. The molecule has 0 spiro atoms. The molecule has 2 heteroatoms. The van der Waals surface area contributed by atoms with E-state index in [0.29, 0.717) is 0 Å². The highest BCUT2D eigenvalue weighted by molar-refractivity contribution is 5.64.